The van der Waals surface area contributed by atoms with Crippen molar-refractivity contribution in [2.75, 3.05) is 11.6 Å². The number of thiocarbonyl (C=S) groups is 1. The molecule has 0 saturated carbocycles. The molecule has 2 rings (SSSR count). The third-order valence-corrected chi connectivity index (χ3v) is 3.37. The smallest absolute Gasteiger partial charge is 0.228 e. The first kappa shape index (κ1) is 13.8. The predicted molar refractivity (Wildman–Crippen MR) is 84.2 cm³/mol. The van der Waals surface area contributed by atoms with Crippen molar-refractivity contribution in [2.45, 2.75) is 11.8 Å². The quantitative estimate of drug-likeness (QED) is 0.667. The third-order valence-electron chi connectivity index (χ3n) is 2.43. The largest absolute Gasteiger partial charge is 0.388 e. The van der Waals surface area contributed by atoms with E-state index < -0.39 is 0 Å². The van der Waals surface area contributed by atoms with E-state index in [4.69, 9.17) is 18.0 Å². The Morgan fingerprint density at radius 2 is 2.11 bits per heavy atom. The van der Waals surface area contributed by atoms with Crippen molar-refractivity contribution in [3.8, 4) is 0 Å². The van der Waals surface area contributed by atoms with Crippen molar-refractivity contribution in [3.63, 3.8) is 0 Å². The number of rotatable bonds is 4. The molecule has 1 aromatic heterocycles. The van der Waals surface area contributed by atoms with Gasteiger partial charge in [-0.1, -0.05) is 18.3 Å². The number of aromatic nitrogens is 2. The molecule has 0 amide bonds. The third kappa shape index (κ3) is 3.65. The number of nitrogens with zero attached hydrogens (tertiary/aromatic N) is 2. The van der Waals surface area contributed by atoms with Crippen LogP contribution in [0.2, 0.25) is 0 Å². The molecule has 0 fully saturated rings. The molecule has 19 heavy (non-hydrogen) atoms. The van der Waals surface area contributed by atoms with E-state index in [2.05, 4.69) is 15.3 Å². The average molecular weight is 290 g/mol. The second-order valence-electron chi connectivity index (χ2n) is 3.94. The number of aryl methyl sites for hydroxylation is 1. The lowest BCUT2D eigenvalue weighted by atomic mass is 10.3. The number of hydrogen-bond acceptors (Lipinski definition) is 5. The first-order valence-corrected chi connectivity index (χ1v) is 7.28. The molecular formula is C13H14N4S2. The van der Waals surface area contributed by atoms with Crippen LogP contribution in [0.5, 0.6) is 0 Å². The number of hydrogen-bond donors (Lipinski definition) is 2. The molecule has 0 unspecified atom stereocenters. The summed E-state index contributed by atoms with van der Waals surface area (Å²) in [6.45, 7) is 1.88. The van der Waals surface area contributed by atoms with E-state index in [0.29, 0.717) is 11.6 Å². The van der Waals surface area contributed by atoms with Crippen molar-refractivity contribution in [2.24, 2.45) is 5.73 Å². The average Bonchev–Trinajstić information content (AvgIpc) is 2.38. The summed E-state index contributed by atoms with van der Waals surface area (Å²) in [6, 6.07) is 9.81. The second kappa shape index (κ2) is 5.99. The Hall–Kier alpha value is -1.66. The molecule has 0 spiro atoms. The fourth-order valence-corrected chi connectivity index (χ4v) is 2.14. The van der Waals surface area contributed by atoms with Gasteiger partial charge in [0, 0.05) is 16.3 Å². The van der Waals surface area contributed by atoms with E-state index >= 15 is 0 Å². The lowest BCUT2D eigenvalue weighted by molar-refractivity contribution is 1.09. The van der Waals surface area contributed by atoms with Gasteiger partial charge in [0.15, 0.2) is 0 Å². The van der Waals surface area contributed by atoms with Crippen molar-refractivity contribution in [1.82, 2.24) is 9.97 Å². The summed E-state index contributed by atoms with van der Waals surface area (Å²) in [5.41, 5.74) is 7.93. The first-order valence-electron chi connectivity index (χ1n) is 5.65. The van der Waals surface area contributed by atoms with E-state index in [1.807, 2.05) is 37.4 Å². The van der Waals surface area contributed by atoms with Gasteiger partial charge in [-0.05, 0) is 37.4 Å². The fraction of sp³-hybridized carbons (Fsp3) is 0.154. The van der Waals surface area contributed by atoms with E-state index in [9.17, 15) is 0 Å². The molecule has 0 aliphatic rings. The highest BCUT2D eigenvalue weighted by Crippen LogP contribution is 2.21. The van der Waals surface area contributed by atoms with Gasteiger partial charge in [0.05, 0.1) is 0 Å². The van der Waals surface area contributed by atoms with Gasteiger partial charge in [-0.2, -0.15) is 0 Å². The van der Waals surface area contributed by atoms with Gasteiger partial charge in [0.1, 0.15) is 10.7 Å². The molecule has 0 bridgehead atoms. The number of nitrogens with two attached hydrogens (primary N) is 1. The minimum Gasteiger partial charge on any atom is -0.388 e. The minimum absolute atomic E-state index is 0.270. The van der Waals surface area contributed by atoms with E-state index in [0.717, 1.165) is 11.4 Å². The Balaban J connectivity index is 2.29. The van der Waals surface area contributed by atoms with Crippen LogP contribution in [0.4, 0.5) is 11.6 Å². The molecule has 1 aromatic carbocycles. The topological polar surface area (TPSA) is 63.8 Å². The maximum absolute atomic E-state index is 5.60. The zero-order valence-electron chi connectivity index (χ0n) is 10.7. The SMILES string of the molecule is CSc1cccc(Nc2nc(C)cc(C(N)=S)n2)c1. The van der Waals surface area contributed by atoms with Crippen molar-refractivity contribution < 1.29 is 0 Å². The molecule has 3 N–H and O–H groups in total. The van der Waals surface area contributed by atoms with Gasteiger partial charge in [-0.3, -0.25) is 0 Å². The van der Waals surface area contributed by atoms with Crippen LogP contribution in [0.1, 0.15) is 11.4 Å². The van der Waals surface area contributed by atoms with E-state index in [-0.39, 0.29) is 4.99 Å². The van der Waals surface area contributed by atoms with Crippen LogP contribution >= 0.6 is 24.0 Å². The highest BCUT2D eigenvalue weighted by Gasteiger charge is 2.05. The first-order chi connectivity index (χ1) is 9.08. The van der Waals surface area contributed by atoms with Crippen LogP contribution in [-0.4, -0.2) is 21.2 Å². The molecule has 98 valence electrons. The summed E-state index contributed by atoms with van der Waals surface area (Å²) in [5, 5.41) is 3.16. The van der Waals surface area contributed by atoms with Crippen LogP contribution < -0.4 is 11.1 Å². The monoisotopic (exact) mass is 290 g/mol. The Morgan fingerprint density at radius 1 is 1.32 bits per heavy atom. The van der Waals surface area contributed by atoms with Gasteiger partial charge in [-0.15, -0.1) is 11.8 Å². The van der Waals surface area contributed by atoms with Gasteiger partial charge in [-0.25, -0.2) is 9.97 Å². The number of benzene rings is 1. The summed E-state index contributed by atoms with van der Waals surface area (Å²) in [7, 11) is 0. The van der Waals surface area contributed by atoms with Crippen molar-refractivity contribution in [3.05, 3.63) is 41.7 Å². The second-order valence-corrected chi connectivity index (χ2v) is 5.26. The Kier molecular flexibility index (Phi) is 4.34. The minimum atomic E-state index is 0.270. The highest BCUT2D eigenvalue weighted by atomic mass is 32.2. The van der Waals surface area contributed by atoms with Crippen LogP contribution in [0.25, 0.3) is 0 Å². The zero-order chi connectivity index (χ0) is 13.8. The maximum Gasteiger partial charge on any atom is 0.228 e. The summed E-state index contributed by atoms with van der Waals surface area (Å²) >= 11 is 6.62. The van der Waals surface area contributed by atoms with E-state index in [1.54, 1.807) is 17.8 Å². The van der Waals surface area contributed by atoms with Crippen LogP contribution in [-0.2, 0) is 0 Å². The highest BCUT2D eigenvalue weighted by molar-refractivity contribution is 7.98. The Bertz CT molecular complexity index is 613. The van der Waals surface area contributed by atoms with Crippen LogP contribution in [0, 0.1) is 6.92 Å². The maximum atomic E-state index is 5.60. The molecule has 1 heterocycles. The molecule has 2 aromatic rings. The van der Waals surface area contributed by atoms with Crippen LogP contribution in [0.15, 0.2) is 35.2 Å². The van der Waals surface area contributed by atoms with Gasteiger partial charge in [0.25, 0.3) is 0 Å². The normalized spacial score (nSPS) is 10.2. The molecule has 6 heteroatoms. The predicted octanol–water partition coefficient (Wildman–Crippen LogP) is 2.88. The van der Waals surface area contributed by atoms with Gasteiger partial charge in [0.2, 0.25) is 5.95 Å². The molecule has 0 radical (unpaired) electrons. The van der Waals surface area contributed by atoms with Crippen molar-refractivity contribution >= 4 is 40.6 Å². The standard InChI is InChI=1S/C13H14N4S2/c1-8-6-11(12(14)18)17-13(15-8)16-9-4-3-5-10(7-9)19-2/h3-7H,1-2H3,(H2,14,18)(H,15,16,17). The zero-order valence-corrected chi connectivity index (χ0v) is 12.3. The summed E-state index contributed by atoms with van der Waals surface area (Å²) in [4.78, 5) is 10.1. The molecular weight excluding hydrogens is 276 g/mol. The van der Waals surface area contributed by atoms with Gasteiger partial charge < -0.3 is 11.1 Å². The lowest BCUT2D eigenvalue weighted by Crippen LogP contribution is -2.13. The molecule has 0 aliphatic heterocycles. The molecule has 0 atom stereocenters. The van der Waals surface area contributed by atoms with E-state index in [1.165, 1.54) is 4.90 Å². The van der Waals surface area contributed by atoms with Gasteiger partial charge >= 0.3 is 0 Å². The lowest BCUT2D eigenvalue weighted by Gasteiger charge is -2.08. The summed E-state index contributed by atoms with van der Waals surface area (Å²) in [5.74, 6) is 0.501. The Labute approximate surface area is 121 Å². The molecule has 4 nitrogen and oxygen atoms in total. The summed E-state index contributed by atoms with van der Waals surface area (Å²) < 4.78 is 0. The summed E-state index contributed by atoms with van der Waals surface area (Å²) in [6.07, 6.45) is 2.03. The Morgan fingerprint density at radius 3 is 2.79 bits per heavy atom. The fourth-order valence-electron chi connectivity index (χ4n) is 1.58. The number of thioether (sulfide) groups is 1. The number of nitrogens with one attached hydrogen (secondary N) is 1. The van der Waals surface area contributed by atoms with Crippen LogP contribution in [0.3, 0.4) is 0 Å². The number of anilines is 2. The van der Waals surface area contributed by atoms with Crippen molar-refractivity contribution in [1.29, 1.82) is 0 Å². The molecule has 0 saturated heterocycles. The molecule has 0 aliphatic carbocycles.